The Bertz CT molecular complexity index is 412. The molecule has 0 heterocycles. The van der Waals surface area contributed by atoms with Crippen molar-refractivity contribution in [3.8, 4) is 0 Å². The highest BCUT2D eigenvalue weighted by Crippen LogP contribution is 2.33. The number of allylic oxidation sites excluding steroid dienone is 3. The predicted octanol–water partition coefficient (Wildman–Crippen LogP) is 3.56. The van der Waals surface area contributed by atoms with Gasteiger partial charge in [0.15, 0.2) is 0 Å². The molecule has 0 saturated heterocycles. The van der Waals surface area contributed by atoms with Gasteiger partial charge in [-0.1, -0.05) is 42.0 Å². The first-order valence-electron chi connectivity index (χ1n) is 5.88. The average molecular weight is 214 g/mol. The quantitative estimate of drug-likeness (QED) is 0.815. The number of hydrogen-bond acceptors (Lipinski definition) is 1. The van der Waals surface area contributed by atoms with Gasteiger partial charge in [0.1, 0.15) is 0 Å². The number of aliphatic hydroxyl groups is 1. The molecule has 0 spiro atoms. The van der Waals surface area contributed by atoms with E-state index in [9.17, 15) is 0 Å². The third kappa shape index (κ3) is 2.25. The van der Waals surface area contributed by atoms with Gasteiger partial charge >= 0.3 is 0 Å². The van der Waals surface area contributed by atoms with Crippen molar-refractivity contribution >= 4 is 5.57 Å². The van der Waals surface area contributed by atoms with Crippen molar-refractivity contribution in [3.05, 3.63) is 53.1 Å². The van der Waals surface area contributed by atoms with Crippen molar-refractivity contribution in [2.45, 2.75) is 26.2 Å². The minimum Gasteiger partial charge on any atom is -0.396 e. The molecule has 1 heteroatoms. The molecule has 0 atom stereocenters. The van der Waals surface area contributed by atoms with Crippen LogP contribution in [-0.2, 0) is 0 Å². The largest absolute Gasteiger partial charge is 0.396 e. The lowest BCUT2D eigenvalue weighted by atomic mass is 9.86. The standard InChI is InChI=1S/C15H18O/c1-12-13(10-11-16)8-5-9-15(12)14-6-3-2-4-7-14/h2-4,6-7,9,16H,5,8,10-11H2,1H3. The summed E-state index contributed by atoms with van der Waals surface area (Å²) in [4.78, 5) is 0. The molecular formula is C15H18O. The Morgan fingerprint density at radius 1 is 1.19 bits per heavy atom. The number of aliphatic hydroxyl groups excluding tert-OH is 1. The Morgan fingerprint density at radius 3 is 2.62 bits per heavy atom. The summed E-state index contributed by atoms with van der Waals surface area (Å²) >= 11 is 0. The molecule has 0 unspecified atom stereocenters. The predicted molar refractivity (Wildman–Crippen MR) is 68.1 cm³/mol. The van der Waals surface area contributed by atoms with Gasteiger partial charge in [-0.05, 0) is 42.9 Å². The molecule has 0 amide bonds. The fourth-order valence-electron chi connectivity index (χ4n) is 2.32. The first kappa shape index (κ1) is 11.2. The van der Waals surface area contributed by atoms with Gasteiger partial charge in [0.05, 0.1) is 0 Å². The van der Waals surface area contributed by atoms with Crippen molar-refractivity contribution in [3.63, 3.8) is 0 Å². The number of rotatable bonds is 3. The van der Waals surface area contributed by atoms with Crippen LogP contribution in [0.2, 0.25) is 0 Å². The molecule has 0 fully saturated rings. The van der Waals surface area contributed by atoms with Crippen LogP contribution in [-0.4, -0.2) is 11.7 Å². The zero-order valence-corrected chi connectivity index (χ0v) is 9.74. The fraction of sp³-hybridized carbons (Fsp3) is 0.333. The van der Waals surface area contributed by atoms with E-state index in [0.29, 0.717) is 0 Å². The summed E-state index contributed by atoms with van der Waals surface area (Å²) in [7, 11) is 0. The SMILES string of the molecule is CC1=C(CCO)CCC=C1c1ccccc1. The van der Waals surface area contributed by atoms with Gasteiger partial charge in [-0.3, -0.25) is 0 Å². The van der Waals surface area contributed by atoms with Gasteiger partial charge in [0, 0.05) is 6.61 Å². The average Bonchev–Trinajstić information content (AvgIpc) is 2.33. The lowest BCUT2D eigenvalue weighted by Gasteiger charge is -2.19. The highest BCUT2D eigenvalue weighted by Gasteiger charge is 2.12. The maximum absolute atomic E-state index is 9.04. The summed E-state index contributed by atoms with van der Waals surface area (Å²) in [5.41, 5.74) is 5.39. The number of benzene rings is 1. The van der Waals surface area contributed by atoms with Crippen LogP contribution in [0.5, 0.6) is 0 Å². The normalized spacial score (nSPS) is 16.2. The molecule has 2 rings (SSSR count). The highest BCUT2D eigenvalue weighted by molar-refractivity contribution is 5.80. The topological polar surface area (TPSA) is 20.2 Å². The molecule has 1 aromatic rings. The summed E-state index contributed by atoms with van der Waals surface area (Å²) in [5, 5.41) is 9.04. The van der Waals surface area contributed by atoms with Crippen LogP contribution in [0, 0.1) is 0 Å². The van der Waals surface area contributed by atoms with Crippen molar-refractivity contribution in [2.24, 2.45) is 0 Å². The van der Waals surface area contributed by atoms with Crippen molar-refractivity contribution < 1.29 is 5.11 Å². The summed E-state index contributed by atoms with van der Waals surface area (Å²) < 4.78 is 0. The van der Waals surface area contributed by atoms with Gasteiger partial charge in [-0.2, -0.15) is 0 Å². The van der Waals surface area contributed by atoms with Crippen molar-refractivity contribution in [1.29, 1.82) is 0 Å². The second kappa shape index (κ2) is 5.13. The van der Waals surface area contributed by atoms with E-state index in [1.54, 1.807) is 0 Å². The summed E-state index contributed by atoms with van der Waals surface area (Å²) in [6.45, 7) is 2.43. The molecule has 84 valence electrons. The number of hydrogen-bond donors (Lipinski definition) is 1. The molecule has 1 aliphatic rings. The Kier molecular flexibility index (Phi) is 3.58. The summed E-state index contributed by atoms with van der Waals surface area (Å²) in [6.07, 6.45) is 5.32. The molecule has 1 N–H and O–H groups in total. The van der Waals surface area contributed by atoms with E-state index in [4.69, 9.17) is 5.11 Å². The molecule has 0 bridgehead atoms. The molecule has 0 radical (unpaired) electrons. The molecule has 0 aliphatic heterocycles. The summed E-state index contributed by atoms with van der Waals surface area (Å²) in [6, 6.07) is 10.5. The summed E-state index contributed by atoms with van der Waals surface area (Å²) in [5.74, 6) is 0. The van der Waals surface area contributed by atoms with Crippen molar-refractivity contribution in [2.75, 3.05) is 6.61 Å². The molecule has 1 nitrogen and oxygen atoms in total. The van der Waals surface area contributed by atoms with Crippen molar-refractivity contribution in [1.82, 2.24) is 0 Å². The molecule has 0 saturated carbocycles. The van der Waals surface area contributed by atoms with Crippen LogP contribution in [0.1, 0.15) is 31.7 Å². The third-order valence-corrected chi connectivity index (χ3v) is 3.23. The van der Waals surface area contributed by atoms with E-state index in [0.717, 1.165) is 19.3 Å². The van der Waals surface area contributed by atoms with Crippen LogP contribution < -0.4 is 0 Å². The first-order chi connectivity index (χ1) is 7.83. The van der Waals surface area contributed by atoms with Gasteiger partial charge in [-0.15, -0.1) is 0 Å². The fourth-order valence-corrected chi connectivity index (χ4v) is 2.32. The van der Waals surface area contributed by atoms with E-state index in [1.165, 1.54) is 22.3 Å². The molecule has 1 aromatic carbocycles. The van der Waals surface area contributed by atoms with E-state index in [2.05, 4.69) is 37.3 Å². The monoisotopic (exact) mass is 214 g/mol. The Labute approximate surface area is 97.1 Å². The van der Waals surface area contributed by atoms with E-state index in [1.807, 2.05) is 6.07 Å². The van der Waals surface area contributed by atoms with Crippen LogP contribution in [0.3, 0.4) is 0 Å². The zero-order chi connectivity index (χ0) is 11.4. The molecule has 16 heavy (non-hydrogen) atoms. The third-order valence-electron chi connectivity index (χ3n) is 3.23. The first-order valence-corrected chi connectivity index (χ1v) is 5.88. The van der Waals surface area contributed by atoms with Crippen LogP contribution in [0.25, 0.3) is 5.57 Å². The van der Waals surface area contributed by atoms with Gasteiger partial charge in [0.25, 0.3) is 0 Å². The van der Waals surface area contributed by atoms with E-state index < -0.39 is 0 Å². The maximum atomic E-state index is 9.04. The Balaban J connectivity index is 2.32. The Morgan fingerprint density at radius 2 is 1.94 bits per heavy atom. The zero-order valence-electron chi connectivity index (χ0n) is 9.74. The van der Waals surface area contributed by atoms with E-state index in [-0.39, 0.29) is 6.61 Å². The van der Waals surface area contributed by atoms with Gasteiger partial charge in [-0.25, -0.2) is 0 Å². The minimum absolute atomic E-state index is 0.259. The lowest BCUT2D eigenvalue weighted by Crippen LogP contribution is -2.00. The second-order valence-corrected chi connectivity index (χ2v) is 4.22. The van der Waals surface area contributed by atoms with Crippen LogP contribution >= 0.6 is 0 Å². The van der Waals surface area contributed by atoms with Crippen LogP contribution in [0.4, 0.5) is 0 Å². The minimum atomic E-state index is 0.259. The molecular weight excluding hydrogens is 196 g/mol. The lowest BCUT2D eigenvalue weighted by molar-refractivity contribution is 0.297. The smallest absolute Gasteiger partial charge is 0.0468 e. The van der Waals surface area contributed by atoms with Gasteiger partial charge in [0.2, 0.25) is 0 Å². The van der Waals surface area contributed by atoms with Crippen LogP contribution in [0.15, 0.2) is 47.6 Å². The molecule has 0 aromatic heterocycles. The Hall–Kier alpha value is -1.34. The second-order valence-electron chi connectivity index (χ2n) is 4.22. The van der Waals surface area contributed by atoms with E-state index >= 15 is 0 Å². The molecule has 1 aliphatic carbocycles. The highest BCUT2D eigenvalue weighted by atomic mass is 16.2. The van der Waals surface area contributed by atoms with Gasteiger partial charge < -0.3 is 5.11 Å². The maximum Gasteiger partial charge on any atom is 0.0468 e.